The Bertz CT molecular complexity index is 455. The van der Waals surface area contributed by atoms with Crippen molar-refractivity contribution >= 4 is 11.9 Å². The largest absolute Gasteiger partial charge is 0.497 e. The van der Waals surface area contributed by atoms with Crippen molar-refractivity contribution in [3.63, 3.8) is 0 Å². The molecule has 0 heterocycles. The fourth-order valence-electron chi connectivity index (χ4n) is 1.86. The molecular weight excluding hydrogens is 258 g/mol. The molecule has 0 bridgehead atoms. The van der Waals surface area contributed by atoms with Crippen LogP contribution in [0, 0.1) is 0 Å². The molecule has 0 aromatic heterocycles. The van der Waals surface area contributed by atoms with Gasteiger partial charge in [0.25, 0.3) is 0 Å². The number of amides is 1. The Kier molecular flexibility index (Phi) is 6.03. The summed E-state index contributed by atoms with van der Waals surface area (Å²) in [6, 6.07) is 7.61. The third-order valence-electron chi connectivity index (χ3n) is 3.25. The minimum Gasteiger partial charge on any atom is -0.497 e. The Hall–Kier alpha value is -2.04. The molecule has 5 nitrogen and oxygen atoms in total. The fourth-order valence-corrected chi connectivity index (χ4v) is 1.86. The van der Waals surface area contributed by atoms with Gasteiger partial charge in [0.2, 0.25) is 5.91 Å². The number of ether oxygens (including phenoxy) is 1. The second-order valence-corrected chi connectivity index (χ2v) is 4.84. The van der Waals surface area contributed by atoms with Gasteiger partial charge in [0.1, 0.15) is 5.75 Å². The number of carboxylic acid groups (broad SMARTS) is 1. The summed E-state index contributed by atoms with van der Waals surface area (Å²) in [5.41, 5.74) is 1.06. The molecule has 1 amide bonds. The second-order valence-electron chi connectivity index (χ2n) is 4.84. The maximum Gasteiger partial charge on any atom is 0.305 e. The Labute approximate surface area is 119 Å². The van der Waals surface area contributed by atoms with Crippen LogP contribution in [0.4, 0.5) is 0 Å². The van der Waals surface area contributed by atoms with Crippen molar-refractivity contribution in [1.29, 1.82) is 0 Å². The van der Waals surface area contributed by atoms with Gasteiger partial charge in [-0.2, -0.15) is 0 Å². The van der Waals surface area contributed by atoms with Gasteiger partial charge in [0.05, 0.1) is 13.5 Å². The van der Waals surface area contributed by atoms with Crippen molar-refractivity contribution in [3.8, 4) is 5.75 Å². The molecule has 1 aromatic carbocycles. The van der Waals surface area contributed by atoms with Gasteiger partial charge < -0.3 is 14.7 Å². The maximum absolute atomic E-state index is 12.0. The Morgan fingerprint density at radius 1 is 1.30 bits per heavy atom. The molecule has 0 spiro atoms. The summed E-state index contributed by atoms with van der Waals surface area (Å²) in [6.07, 6.45) is 0.335. The van der Waals surface area contributed by atoms with Crippen LogP contribution in [0.25, 0.3) is 0 Å². The zero-order chi connectivity index (χ0) is 15.1. The van der Waals surface area contributed by atoms with Crippen molar-refractivity contribution in [1.82, 2.24) is 4.90 Å². The van der Waals surface area contributed by atoms with Crippen molar-refractivity contribution < 1.29 is 19.4 Å². The van der Waals surface area contributed by atoms with Gasteiger partial charge in [0, 0.05) is 20.0 Å². The highest BCUT2D eigenvalue weighted by Gasteiger charge is 2.15. The number of carbonyl (C=O) groups is 2. The van der Waals surface area contributed by atoms with Gasteiger partial charge in [0.15, 0.2) is 0 Å². The third kappa shape index (κ3) is 4.91. The molecule has 110 valence electrons. The number of carbonyl (C=O) groups excluding carboxylic acids is 1. The molecule has 1 unspecified atom stereocenters. The molecule has 1 atom stereocenters. The number of rotatable bonds is 7. The van der Waals surface area contributed by atoms with E-state index in [1.54, 1.807) is 14.2 Å². The Morgan fingerprint density at radius 3 is 2.40 bits per heavy atom. The Balaban J connectivity index is 2.53. The molecule has 1 aromatic rings. The number of benzene rings is 1. The van der Waals surface area contributed by atoms with Gasteiger partial charge >= 0.3 is 5.97 Å². The van der Waals surface area contributed by atoms with Crippen LogP contribution >= 0.6 is 0 Å². The van der Waals surface area contributed by atoms with Gasteiger partial charge in [-0.25, -0.2) is 0 Å². The molecule has 0 aliphatic heterocycles. The van der Waals surface area contributed by atoms with E-state index in [0.717, 1.165) is 11.3 Å². The van der Waals surface area contributed by atoms with E-state index in [1.165, 1.54) is 4.90 Å². The number of hydrogen-bond acceptors (Lipinski definition) is 3. The van der Waals surface area contributed by atoms with E-state index in [1.807, 2.05) is 31.2 Å². The molecule has 1 N–H and O–H groups in total. The van der Waals surface area contributed by atoms with Crippen LogP contribution in [0.3, 0.4) is 0 Å². The molecule has 0 aliphatic carbocycles. The van der Waals surface area contributed by atoms with Crippen LogP contribution in [-0.4, -0.2) is 42.6 Å². The molecule has 0 aliphatic rings. The summed E-state index contributed by atoms with van der Waals surface area (Å²) in [5, 5.41) is 8.60. The monoisotopic (exact) mass is 279 g/mol. The molecule has 0 fully saturated rings. The topological polar surface area (TPSA) is 66.8 Å². The lowest BCUT2D eigenvalue weighted by Crippen LogP contribution is -2.29. The minimum atomic E-state index is -0.896. The summed E-state index contributed by atoms with van der Waals surface area (Å²) in [7, 11) is 3.24. The first-order valence-corrected chi connectivity index (χ1v) is 6.53. The molecule has 5 heteroatoms. The van der Waals surface area contributed by atoms with Crippen molar-refractivity contribution in [2.75, 3.05) is 20.7 Å². The predicted molar refractivity (Wildman–Crippen MR) is 75.9 cm³/mol. The van der Waals surface area contributed by atoms with Crippen LogP contribution in [0.15, 0.2) is 24.3 Å². The number of methoxy groups -OCH3 is 1. The molecule has 0 saturated heterocycles. The van der Waals surface area contributed by atoms with Crippen molar-refractivity contribution in [2.45, 2.75) is 25.7 Å². The number of hydrogen-bond donors (Lipinski definition) is 1. The lowest BCUT2D eigenvalue weighted by molar-refractivity contribution is -0.138. The number of nitrogens with zero attached hydrogens (tertiary/aromatic N) is 1. The molecular formula is C15H21NO4. The fraction of sp³-hybridized carbons (Fsp3) is 0.467. The normalized spacial score (nSPS) is 11.8. The summed E-state index contributed by atoms with van der Waals surface area (Å²) < 4.78 is 5.09. The molecule has 0 saturated carbocycles. The standard InChI is InChI=1S/C15H21NO4/c1-11(12-4-6-13(20-3)7-5-12)10-14(17)16(2)9-8-15(18)19/h4-7,11H,8-10H2,1-3H3,(H,18,19). The second kappa shape index (κ2) is 7.53. The van der Waals surface area contributed by atoms with Crippen LogP contribution in [0.1, 0.15) is 31.2 Å². The highest BCUT2D eigenvalue weighted by molar-refractivity contribution is 5.77. The van der Waals surface area contributed by atoms with Crippen molar-refractivity contribution in [3.05, 3.63) is 29.8 Å². The summed E-state index contributed by atoms with van der Waals surface area (Å²) >= 11 is 0. The van der Waals surface area contributed by atoms with Gasteiger partial charge in [-0.15, -0.1) is 0 Å². The van der Waals surface area contributed by atoms with Crippen LogP contribution in [-0.2, 0) is 9.59 Å². The van der Waals surface area contributed by atoms with E-state index in [-0.39, 0.29) is 24.8 Å². The third-order valence-corrected chi connectivity index (χ3v) is 3.25. The van der Waals surface area contributed by atoms with Crippen LogP contribution in [0.2, 0.25) is 0 Å². The lowest BCUT2D eigenvalue weighted by Gasteiger charge is -2.19. The summed E-state index contributed by atoms with van der Waals surface area (Å²) in [5.74, 6) is -0.0750. The van der Waals surface area contributed by atoms with E-state index in [0.29, 0.717) is 6.42 Å². The number of carboxylic acids is 1. The van der Waals surface area contributed by atoms with Gasteiger partial charge in [-0.05, 0) is 23.6 Å². The lowest BCUT2D eigenvalue weighted by atomic mass is 9.97. The first-order chi connectivity index (χ1) is 9.43. The van der Waals surface area contributed by atoms with Crippen LogP contribution in [0.5, 0.6) is 5.75 Å². The van der Waals surface area contributed by atoms with E-state index >= 15 is 0 Å². The van der Waals surface area contributed by atoms with E-state index in [2.05, 4.69) is 0 Å². The highest BCUT2D eigenvalue weighted by atomic mass is 16.5. The molecule has 20 heavy (non-hydrogen) atoms. The first-order valence-electron chi connectivity index (χ1n) is 6.53. The van der Waals surface area contributed by atoms with Gasteiger partial charge in [-0.1, -0.05) is 19.1 Å². The molecule has 1 rings (SSSR count). The first kappa shape index (κ1) is 16.0. The van der Waals surface area contributed by atoms with Gasteiger partial charge in [-0.3, -0.25) is 9.59 Å². The predicted octanol–water partition coefficient (Wildman–Crippen LogP) is 2.12. The quantitative estimate of drug-likeness (QED) is 0.830. The summed E-state index contributed by atoms with van der Waals surface area (Å²) in [6.45, 7) is 2.22. The zero-order valence-corrected chi connectivity index (χ0v) is 12.1. The summed E-state index contributed by atoms with van der Waals surface area (Å²) in [4.78, 5) is 23.9. The van der Waals surface area contributed by atoms with Crippen molar-refractivity contribution in [2.24, 2.45) is 0 Å². The Morgan fingerprint density at radius 2 is 1.90 bits per heavy atom. The SMILES string of the molecule is COc1ccc(C(C)CC(=O)N(C)CCC(=O)O)cc1. The average Bonchev–Trinajstić information content (AvgIpc) is 2.44. The average molecular weight is 279 g/mol. The minimum absolute atomic E-state index is 0.0286. The smallest absolute Gasteiger partial charge is 0.305 e. The van der Waals surface area contributed by atoms with Crippen LogP contribution < -0.4 is 4.74 Å². The number of aliphatic carboxylic acids is 1. The molecule has 0 radical (unpaired) electrons. The highest BCUT2D eigenvalue weighted by Crippen LogP contribution is 2.22. The van der Waals surface area contributed by atoms with E-state index in [9.17, 15) is 9.59 Å². The van der Waals surface area contributed by atoms with E-state index in [4.69, 9.17) is 9.84 Å². The maximum atomic E-state index is 12.0. The zero-order valence-electron chi connectivity index (χ0n) is 12.1. The van der Waals surface area contributed by atoms with E-state index < -0.39 is 5.97 Å².